The third-order valence-corrected chi connectivity index (χ3v) is 3.68. The van der Waals surface area contributed by atoms with Gasteiger partial charge in [0.05, 0.1) is 6.61 Å². The molecule has 0 saturated carbocycles. The third-order valence-electron chi connectivity index (χ3n) is 2.65. The lowest BCUT2D eigenvalue weighted by Gasteiger charge is -2.17. The molecule has 0 spiro atoms. The van der Waals surface area contributed by atoms with Gasteiger partial charge in [0.1, 0.15) is 0 Å². The molecule has 0 aliphatic heterocycles. The first-order valence-electron chi connectivity index (χ1n) is 6.76. The number of guanidine groups is 1. The van der Waals surface area contributed by atoms with Crippen LogP contribution in [0.1, 0.15) is 23.6 Å². The van der Waals surface area contributed by atoms with Gasteiger partial charge in [-0.25, -0.2) is 0 Å². The lowest BCUT2D eigenvalue weighted by Crippen LogP contribution is -2.44. The quantitative estimate of drug-likeness (QED) is 0.314. The predicted molar refractivity (Wildman–Crippen MR) is 98.6 cm³/mol. The second-order valence-electron chi connectivity index (χ2n) is 4.46. The number of halogens is 1. The van der Waals surface area contributed by atoms with Crippen molar-refractivity contribution in [2.75, 3.05) is 26.8 Å². The monoisotopic (exact) mass is 411 g/mol. The number of nitrogens with zero attached hydrogens (tertiary/aromatic N) is 1. The van der Waals surface area contributed by atoms with Crippen LogP contribution < -0.4 is 10.6 Å². The molecule has 1 unspecified atom stereocenters. The van der Waals surface area contributed by atoms with E-state index in [0.717, 1.165) is 25.5 Å². The predicted octanol–water partition coefficient (Wildman–Crippen LogP) is 2.81. The summed E-state index contributed by atoms with van der Waals surface area (Å²) < 4.78 is 5.29. The van der Waals surface area contributed by atoms with Crippen LogP contribution in [-0.4, -0.2) is 38.8 Å². The number of aryl methyl sites for hydroxylation is 1. The zero-order chi connectivity index (χ0) is 14.1. The van der Waals surface area contributed by atoms with E-state index in [9.17, 15) is 0 Å². The number of hydrogen-bond acceptors (Lipinski definition) is 3. The van der Waals surface area contributed by atoms with Gasteiger partial charge >= 0.3 is 0 Å². The molecule has 20 heavy (non-hydrogen) atoms. The molecule has 2 N–H and O–H groups in total. The van der Waals surface area contributed by atoms with Gasteiger partial charge < -0.3 is 15.4 Å². The minimum absolute atomic E-state index is 0. The highest BCUT2D eigenvalue weighted by Crippen LogP contribution is 2.16. The van der Waals surface area contributed by atoms with E-state index in [1.54, 1.807) is 7.05 Å². The van der Waals surface area contributed by atoms with Crippen LogP contribution in [-0.2, 0) is 11.2 Å². The minimum Gasteiger partial charge on any atom is -0.380 e. The van der Waals surface area contributed by atoms with Crippen molar-refractivity contribution < 1.29 is 4.74 Å². The van der Waals surface area contributed by atoms with Gasteiger partial charge in [-0.3, -0.25) is 4.99 Å². The molecule has 1 rings (SSSR count). The molecule has 0 aliphatic carbocycles. The standard InChI is InChI=1S/C14H25N3OS.HI/c1-5-18-9-8-16-14(15-4)17-11(2)10-13-7-6-12(3)19-13;/h6-7,11H,5,8-10H2,1-4H3,(H2,15,16,17);1H. The van der Waals surface area contributed by atoms with Crippen LogP contribution in [0.2, 0.25) is 0 Å². The first-order valence-corrected chi connectivity index (χ1v) is 7.57. The van der Waals surface area contributed by atoms with Gasteiger partial charge in [-0.1, -0.05) is 0 Å². The first kappa shape index (κ1) is 19.7. The van der Waals surface area contributed by atoms with E-state index < -0.39 is 0 Å². The maximum atomic E-state index is 5.29. The summed E-state index contributed by atoms with van der Waals surface area (Å²) in [4.78, 5) is 6.98. The molecule has 0 saturated heterocycles. The fourth-order valence-corrected chi connectivity index (χ4v) is 2.78. The number of nitrogens with one attached hydrogen (secondary N) is 2. The molecule has 1 aromatic heterocycles. The second kappa shape index (κ2) is 11.3. The van der Waals surface area contributed by atoms with Crippen molar-refractivity contribution in [3.63, 3.8) is 0 Å². The van der Waals surface area contributed by atoms with Crippen LogP contribution in [0.4, 0.5) is 0 Å². The number of ether oxygens (including phenoxy) is 1. The highest BCUT2D eigenvalue weighted by molar-refractivity contribution is 14.0. The highest BCUT2D eigenvalue weighted by atomic mass is 127. The summed E-state index contributed by atoms with van der Waals surface area (Å²) in [5.74, 6) is 0.834. The van der Waals surface area contributed by atoms with Gasteiger partial charge in [0.2, 0.25) is 0 Å². The van der Waals surface area contributed by atoms with Gasteiger partial charge in [0.15, 0.2) is 5.96 Å². The molecule has 1 atom stereocenters. The van der Waals surface area contributed by atoms with Gasteiger partial charge in [-0.2, -0.15) is 0 Å². The van der Waals surface area contributed by atoms with Crippen molar-refractivity contribution in [3.05, 3.63) is 21.9 Å². The summed E-state index contributed by atoms with van der Waals surface area (Å²) in [6, 6.07) is 4.72. The van der Waals surface area contributed by atoms with E-state index in [1.807, 2.05) is 18.3 Å². The smallest absolute Gasteiger partial charge is 0.191 e. The molecule has 6 heteroatoms. The molecule has 0 bridgehead atoms. The fourth-order valence-electron chi connectivity index (χ4n) is 1.76. The van der Waals surface area contributed by atoms with Crippen LogP contribution in [0, 0.1) is 6.92 Å². The molecule has 4 nitrogen and oxygen atoms in total. The lowest BCUT2D eigenvalue weighted by molar-refractivity contribution is 0.152. The Hall–Kier alpha value is -0.340. The van der Waals surface area contributed by atoms with Gasteiger partial charge in [-0.05, 0) is 32.9 Å². The second-order valence-corrected chi connectivity index (χ2v) is 5.83. The number of thiophene rings is 1. The molecule has 0 radical (unpaired) electrons. The Labute approximate surface area is 143 Å². The van der Waals surface area contributed by atoms with Crippen molar-refractivity contribution in [1.82, 2.24) is 10.6 Å². The van der Waals surface area contributed by atoms with Crippen LogP contribution in [0.3, 0.4) is 0 Å². The lowest BCUT2D eigenvalue weighted by atomic mass is 10.2. The van der Waals surface area contributed by atoms with Crippen LogP contribution >= 0.6 is 35.3 Å². The van der Waals surface area contributed by atoms with Crippen molar-refractivity contribution >= 4 is 41.3 Å². The normalized spacial score (nSPS) is 12.7. The van der Waals surface area contributed by atoms with Crippen molar-refractivity contribution in [1.29, 1.82) is 0 Å². The number of hydrogen-bond donors (Lipinski definition) is 2. The third kappa shape index (κ3) is 8.06. The van der Waals surface area contributed by atoms with Crippen LogP contribution in [0.25, 0.3) is 0 Å². The Morgan fingerprint density at radius 1 is 1.45 bits per heavy atom. The molecule has 0 fully saturated rings. The Bertz CT molecular complexity index is 396. The zero-order valence-electron chi connectivity index (χ0n) is 12.7. The average Bonchev–Trinajstić information content (AvgIpc) is 2.78. The molecule has 0 amide bonds. The van der Waals surface area contributed by atoms with E-state index in [4.69, 9.17) is 4.74 Å². The molecule has 1 aromatic rings. The summed E-state index contributed by atoms with van der Waals surface area (Å²) >= 11 is 1.85. The summed E-state index contributed by atoms with van der Waals surface area (Å²) in [5, 5.41) is 6.63. The SMILES string of the molecule is CCOCCNC(=NC)NC(C)Cc1ccc(C)s1.I. The van der Waals surface area contributed by atoms with E-state index in [2.05, 4.69) is 41.6 Å². The van der Waals surface area contributed by atoms with E-state index in [1.165, 1.54) is 9.75 Å². The minimum atomic E-state index is 0. The summed E-state index contributed by atoms with van der Waals surface area (Å²) in [6.45, 7) is 8.54. The van der Waals surface area contributed by atoms with E-state index in [0.29, 0.717) is 12.6 Å². The highest BCUT2D eigenvalue weighted by Gasteiger charge is 2.07. The largest absolute Gasteiger partial charge is 0.380 e. The van der Waals surface area contributed by atoms with Gasteiger partial charge in [0, 0.05) is 42.4 Å². The molecular formula is C14H26IN3OS. The fraction of sp³-hybridized carbons (Fsp3) is 0.643. The molecule has 0 aromatic carbocycles. The molecule has 116 valence electrons. The first-order chi connectivity index (χ1) is 9.15. The van der Waals surface area contributed by atoms with E-state index >= 15 is 0 Å². The Balaban J connectivity index is 0.00000361. The van der Waals surface area contributed by atoms with Gasteiger partial charge in [0.25, 0.3) is 0 Å². The molecule has 0 aliphatic rings. The topological polar surface area (TPSA) is 45.6 Å². The maximum absolute atomic E-state index is 5.29. The van der Waals surface area contributed by atoms with E-state index in [-0.39, 0.29) is 24.0 Å². The maximum Gasteiger partial charge on any atom is 0.191 e. The summed E-state index contributed by atoms with van der Waals surface area (Å²) in [5.41, 5.74) is 0. The molecular weight excluding hydrogens is 385 g/mol. The van der Waals surface area contributed by atoms with Crippen molar-refractivity contribution in [3.8, 4) is 0 Å². The summed E-state index contributed by atoms with van der Waals surface area (Å²) in [7, 11) is 1.79. The van der Waals surface area contributed by atoms with Crippen molar-refractivity contribution in [2.24, 2.45) is 4.99 Å². The zero-order valence-corrected chi connectivity index (χ0v) is 15.9. The number of rotatable bonds is 7. The van der Waals surface area contributed by atoms with Crippen LogP contribution in [0.15, 0.2) is 17.1 Å². The Kier molecular flexibility index (Phi) is 11.1. The van der Waals surface area contributed by atoms with Crippen LogP contribution in [0.5, 0.6) is 0 Å². The van der Waals surface area contributed by atoms with Gasteiger partial charge in [-0.15, -0.1) is 35.3 Å². The van der Waals surface area contributed by atoms with Crippen molar-refractivity contribution in [2.45, 2.75) is 33.2 Å². The number of aliphatic imine (C=N–C) groups is 1. The average molecular weight is 411 g/mol. The molecule has 1 heterocycles. The Morgan fingerprint density at radius 3 is 2.75 bits per heavy atom. The summed E-state index contributed by atoms with van der Waals surface area (Å²) in [6.07, 6.45) is 1.02. The Morgan fingerprint density at radius 2 is 2.20 bits per heavy atom.